The van der Waals surface area contributed by atoms with Gasteiger partial charge >= 0.3 is 11.9 Å². The van der Waals surface area contributed by atoms with Gasteiger partial charge in [0, 0.05) is 6.42 Å². The van der Waals surface area contributed by atoms with Crippen molar-refractivity contribution in [3.05, 3.63) is 72.9 Å². The lowest BCUT2D eigenvalue weighted by molar-refractivity contribution is -0.146. The molecule has 0 aromatic carbocycles. The van der Waals surface area contributed by atoms with Gasteiger partial charge in [-0.3, -0.25) is 14.4 Å². The highest BCUT2D eigenvalue weighted by Crippen LogP contribution is 2.13. The van der Waals surface area contributed by atoms with Crippen LogP contribution in [0.2, 0.25) is 0 Å². The summed E-state index contributed by atoms with van der Waals surface area (Å²) in [5.41, 5.74) is 0. The Labute approximate surface area is 283 Å². The fourth-order valence-electron chi connectivity index (χ4n) is 4.28. The summed E-state index contributed by atoms with van der Waals surface area (Å²) < 4.78 is 5.76. The highest BCUT2D eigenvalue weighted by Gasteiger charge is 2.18. The van der Waals surface area contributed by atoms with E-state index in [1.54, 1.807) is 0 Å². The van der Waals surface area contributed by atoms with Crippen LogP contribution in [-0.4, -0.2) is 59.3 Å². The summed E-state index contributed by atoms with van der Waals surface area (Å²) in [7, 11) is 0. The molecule has 0 radical (unpaired) electrons. The monoisotopic (exact) mass is 656 g/mol. The van der Waals surface area contributed by atoms with Crippen molar-refractivity contribution in [3.63, 3.8) is 0 Å². The Balaban J connectivity index is 4.35. The van der Waals surface area contributed by atoms with Crippen molar-refractivity contribution in [2.45, 2.75) is 129 Å². The average molecular weight is 657 g/mol. The topological polar surface area (TPSA) is 142 Å². The maximum Gasteiger partial charge on any atom is 0.328 e. The molecule has 0 aromatic rings. The standard InChI is InChI=1S/C38H60N2O7/c1-3-5-7-9-10-11-12-13-14-15-16-17-18-20-26-30-37(44)47-33(27-23-19-8-6-4-2)28-24-21-22-25-29-35(42)39-31-36(43)40-34(32-41)38(45)46/h5,7,10-11,13-14,16-17,20,23,26-27,33-34,41H,3-4,6,8-9,12,15,18-19,21-22,24-25,28-32H2,1-2H3,(H,39,42)(H,40,43)(H,45,46)/b7-5-,11-10-,14-13-,17-16-,26-20-,27-23-. The lowest BCUT2D eigenvalue weighted by atomic mass is 10.1. The zero-order valence-electron chi connectivity index (χ0n) is 28.7. The number of carboxylic acids is 1. The number of hydrogen-bond donors (Lipinski definition) is 4. The van der Waals surface area contributed by atoms with E-state index in [0.717, 1.165) is 70.6 Å². The molecule has 2 unspecified atom stereocenters. The average Bonchev–Trinajstić information content (AvgIpc) is 3.05. The van der Waals surface area contributed by atoms with Crippen LogP contribution in [0.3, 0.4) is 0 Å². The molecule has 0 heterocycles. The third-order valence-corrected chi connectivity index (χ3v) is 6.95. The normalized spacial score (nSPS) is 13.4. The summed E-state index contributed by atoms with van der Waals surface area (Å²) in [6.07, 6.45) is 38.3. The summed E-state index contributed by atoms with van der Waals surface area (Å²) in [5.74, 6) is -2.57. The number of unbranched alkanes of at least 4 members (excludes halogenated alkanes) is 6. The molecule has 0 spiro atoms. The molecule has 47 heavy (non-hydrogen) atoms. The van der Waals surface area contributed by atoms with E-state index in [1.165, 1.54) is 6.42 Å². The van der Waals surface area contributed by atoms with Crippen molar-refractivity contribution in [1.82, 2.24) is 10.6 Å². The predicted molar refractivity (Wildman–Crippen MR) is 190 cm³/mol. The van der Waals surface area contributed by atoms with Crippen LogP contribution >= 0.6 is 0 Å². The minimum absolute atomic E-state index is 0.234. The van der Waals surface area contributed by atoms with E-state index in [1.807, 2.05) is 18.2 Å². The predicted octanol–water partition coefficient (Wildman–Crippen LogP) is 7.19. The molecule has 0 aliphatic heterocycles. The van der Waals surface area contributed by atoms with Crippen LogP contribution in [0.5, 0.6) is 0 Å². The zero-order chi connectivity index (χ0) is 34.8. The Morgan fingerprint density at radius 3 is 1.87 bits per heavy atom. The summed E-state index contributed by atoms with van der Waals surface area (Å²) in [4.78, 5) is 47.1. The van der Waals surface area contributed by atoms with Gasteiger partial charge in [-0.05, 0) is 70.3 Å². The largest absolute Gasteiger partial charge is 0.480 e. The maximum absolute atomic E-state index is 12.5. The molecule has 2 amide bonds. The number of nitrogens with one attached hydrogen (secondary N) is 2. The number of esters is 1. The van der Waals surface area contributed by atoms with Crippen LogP contribution in [0.1, 0.15) is 117 Å². The van der Waals surface area contributed by atoms with E-state index in [-0.39, 0.29) is 37.4 Å². The van der Waals surface area contributed by atoms with Gasteiger partial charge < -0.3 is 25.6 Å². The smallest absolute Gasteiger partial charge is 0.328 e. The molecule has 0 aliphatic carbocycles. The van der Waals surface area contributed by atoms with Crippen molar-refractivity contribution in [1.29, 1.82) is 0 Å². The number of carbonyl (C=O) groups excluding carboxylic acids is 3. The van der Waals surface area contributed by atoms with Crippen LogP contribution in [0.25, 0.3) is 0 Å². The van der Waals surface area contributed by atoms with Crippen molar-refractivity contribution in [2.75, 3.05) is 13.2 Å². The van der Waals surface area contributed by atoms with Gasteiger partial charge in [0.1, 0.15) is 12.1 Å². The lowest BCUT2D eigenvalue weighted by Gasteiger charge is -2.14. The van der Waals surface area contributed by atoms with E-state index < -0.39 is 24.5 Å². The van der Waals surface area contributed by atoms with E-state index >= 15 is 0 Å². The second-order valence-electron chi connectivity index (χ2n) is 11.2. The molecular formula is C38H60N2O7. The Morgan fingerprint density at radius 2 is 1.30 bits per heavy atom. The molecule has 0 aromatic heterocycles. The van der Waals surface area contributed by atoms with E-state index in [4.69, 9.17) is 14.9 Å². The molecule has 0 saturated carbocycles. The summed E-state index contributed by atoms with van der Waals surface area (Å²) in [5, 5.41) is 22.4. The highest BCUT2D eigenvalue weighted by atomic mass is 16.5. The van der Waals surface area contributed by atoms with E-state index in [9.17, 15) is 19.2 Å². The number of carboxylic acid groups (broad SMARTS) is 1. The van der Waals surface area contributed by atoms with Crippen LogP contribution in [-0.2, 0) is 23.9 Å². The zero-order valence-corrected chi connectivity index (χ0v) is 28.7. The summed E-state index contributed by atoms with van der Waals surface area (Å²) >= 11 is 0. The maximum atomic E-state index is 12.5. The Kier molecular flexibility index (Phi) is 29.7. The number of aliphatic hydroxyl groups is 1. The van der Waals surface area contributed by atoms with Crippen LogP contribution < -0.4 is 10.6 Å². The third kappa shape index (κ3) is 29.4. The second-order valence-corrected chi connectivity index (χ2v) is 11.2. The highest BCUT2D eigenvalue weighted by molar-refractivity contribution is 5.87. The van der Waals surface area contributed by atoms with Gasteiger partial charge in [0.25, 0.3) is 0 Å². The molecule has 9 heteroatoms. The number of carbonyl (C=O) groups is 4. The minimum atomic E-state index is -1.40. The number of aliphatic carboxylic acids is 1. The minimum Gasteiger partial charge on any atom is -0.480 e. The first-order chi connectivity index (χ1) is 22.8. The number of rotatable bonds is 29. The molecule has 2 atom stereocenters. The molecule has 0 saturated heterocycles. The van der Waals surface area contributed by atoms with Crippen molar-refractivity contribution < 1.29 is 34.1 Å². The van der Waals surface area contributed by atoms with Crippen molar-refractivity contribution in [3.8, 4) is 0 Å². The first-order valence-electron chi connectivity index (χ1n) is 17.3. The van der Waals surface area contributed by atoms with E-state index in [0.29, 0.717) is 12.8 Å². The van der Waals surface area contributed by atoms with Gasteiger partial charge in [0.15, 0.2) is 0 Å². The quantitative estimate of drug-likeness (QED) is 0.0379. The molecular weight excluding hydrogens is 596 g/mol. The molecule has 0 aliphatic rings. The molecule has 4 N–H and O–H groups in total. The van der Waals surface area contributed by atoms with Gasteiger partial charge in [0.2, 0.25) is 11.8 Å². The lowest BCUT2D eigenvalue weighted by Crippen LogP contribution is -2.47. The number of allylic oxidation sites excluding steroid dienone is 10. The number of aliphatic hydroxyl groups excluding tert-OH is 1. The van der Waals surface area contributed by atoms with Gasteiger partial charge in [-0.2, -0.15) is 0 Å². The van der Waals surface area contributed by atoms with Gasteiger partial charge in [-0.25, -0.2) is 4.79 Å². The molecule has 0 bridgehead atoms. The van der Waals surface area contributed by atoms with Gasteiger partial charge in [-0.1, -0.05) is 106 Å². The van der Waals surface area contributed by atoms with Crippen molar-refractivity contribution in [2.24, 2.45) is 0 Å². The third-order valence-electron chi connectivity index (χ3n) is 6.95. The Hall–Kier alpha value is -3.72. The first-order valence-corrected chi connectivity index (χ1v) is 17.3. The first kappa shape index (κ1) is 43.3. The summed E-state index contributed by atoms with van der Waals surface area (Å²) in [6.45, 7) is 3.22. The van der Waals surface area contributed by atoms with Gasteiger partial charge in [-0.15, -0.1) is 0 Å². The number of amides is 2. The molecule has 9 nitrogen and oxygen atoms in total. The fourth-order valence-corrected chi connectivity index (χ4v) is 4.28. The van der Waals surface area contributed by atoms with Gasteiger partial charge in [0.05, 0.1) is 19.6 Å². The Morgan fingerprint density at radius 1 is 0.702 bits per heavy atom. The second kappa shape index (κ2) is 32.2. The van der Waals surface area contributed by atoms with E-state index in [2.05, 4.69) is 79.2 Å². The molecule has 0 fully saturated rings. The number of ether oxygens (including phenoxy) is 1. The Bertz CT molecular complexity index is 1030. The molecule has 0 rings (SSSR count). The van der Waals surface area contributed by atoms with Crippen molar-refractivity contribution >= 4 is 23.8 Å². The molecule has 264 valence electrons. The SMILES string of the molecule is CC/C=C\C/C=C\C/C=C\C/C=C\C/C=C\CC(=O)OC(/C=C\CCCCC)CCCCCCC(=O)NCC(=O)NC(CO)C(=O)O. The fraction of sp³-hybridized carbons (Fsp3) is 0.579. The van der Waals surface area contributed by atoms with Crippen LogP contribution in [0.15, 0.2) is 72.9 Å². The number of hydrogen-bond acceptors (Lipinski definition) is 6. The summed E-state index contributed by atoms with van der Waals surface area (Å²) in [6, 6.07) is -1.40. The van der Waals surface area contributed by atoms with Crippen LogP contribution in [0.4, 0.5) is 0 Å². The van der Waals surface area contributed by atoms with Crippen LogP contribution in [0, 0.1) is 0 Å².